The number of anilines is 1. The normalized spacial score (nSPS) is 16.9. The van der Waals surface area contributed by atoms with Crippen LogP contribution in [0.1, 0.15) is 64.0 Å². The van der Waals surface area contributed by atoms with E-state index in [-0.39, 0.29) is 16.9 Å². The molecule has 0 N–H and O–H groups in total. The number of unbranched alkanes of at least 4 members (excludes halogenated alkanes) is 3. The second-order valence-electron chi connectivity index (χ2n) is 8.81. The fraction of sp³-hybridized carbons (Fsp3) is 0.444. The zero-order valence-electron chi connectivity index (χ0n) is 19.2. The highest BCUT2D eigenvalue weighted by Crippen LogP contribution is 2.40. The van der Waals surface area contributed by atoms with E-state index in [9.17, 15) is 15.8 Å². The van der Waals surface area contributed by atoms with Crippen molar-refractivity contribution in [1.82, 2.24) is 0 Å². The van der Waals surface area contributed by atoms with E-state index in [4.69, 9.17) is 4.74 Å². The molecule has 2 heterocycles. The first-order chi connectivity index (χ1) is 15.4. The molecule has 0 saturated heterocycles. The van der Waals surface area contributed by atoms with Crippen molar-refractivity contribution < 1.29 is 4.74 Å². The van der Waals surface area contributed by atoms with Crippen molar-refractivity contribution in [2.24, 2.45) is 0 Å². The Morgan fingerprint density at radius 1 is 1.12 bits per heavy atom. The van der Waals surface area contributed by atoms with Gasteiger partial charge in [0, 0.05) is 24.4 Å². The van der Waals surface area contributed by atoms with Gasteiger partial charge in [0.25, 0.3) is 0 Å². The molecule has 0 spiro atoms. The van der Waals surface area contributed by atoms with Crippen molar-refractivity contribution in [3.63, 3.8) is 0 Å². The molecular weight excluding hydrogens is 396 g/mol. The minimum Gasteiger partial charge on any atom is -0.480 e. The Morgan fingerprint density at radius 3 is 2.59 bits per heavy atom. The smallest absolute Gasteiger partial charge is 0.172 e. The highest BCUT2D eigenvalue weighted by Gasteiger charge is 2.38. The van der Waals surface area contributed by atoms with Gasteiger partial charge < -0.3 is 9.64 Å². The first-order valence-electron chi connectivity index (χ1n) is 11.4. The molecule has 5 heteroatoms. The van der Waals surface area contributed by atoms with Crippen molar-refractivity contribution in [2.45, 2.75) is 64.9 Å². The van der Waals surface area contributed by atoms with Crippen LogP contribution in [0.2, 0.25) is 0 Å². The van der Waals surface area contributed by atoms with Gasteiger partial charge in [-0.15, -0.1) is 0 Å². The van der Waals surface area contributed by atoms with E-state index >= 15 is 0 Å². The molecule has 0 aliphatic carbocycles. The predicted molar refractivity (Wildman–Crippen MR) is 126 cm³/mol. The molecule has 2 aliphatic rings. The molecule has 0 bridgehead atoms. The lowest BCUT2D eigenvalue weighted by atomic mass is 9.93. The third-order valence-electron chi connectivity index (χ3n) is 6.11. The largest absolute Gasteiger partial charge is 0.480 e. The maximum Gasteiger partial charge on any atom is 0.172 e. The number of ether oxygens (including phenoxy) is 1. The molecular formula is C27H30N4O. The van der Waals surface area contributed by atoms with E-state index in [1.54, 1.807) is 0 Å². The lowest BCUT2D eigenvalue weighted by Gasteiger charge is -2.31. The molecule has 0 radical (unpaired) electrons. The molecule has 32 heavy (non-hydrogen) atoms. The third kappa shape index (κ3) is 4.87. The molecule has 0 amide bonds. The van der Waals surface area contributed by atoms with Gasteiger partial charge in [-0.25, -0.2) is 0 Å². The minimum absolute atomic E-state index is 0.0753. The maximum atomic E-state index is 9.69. The van der Waals surface area contributed by atoms with E-state index in [0.717, 1.165) is 31.5 Å². The molecule has 3 rings (SSSR count). The van der Waals surface area contributed by atoms with Crippen LogP contribution >= 0.6 is 0 Å². The topological polar surface area (TPSA) is 83.8 Å². The highest BCUT2D eigenvalue weighted by atomic mass is 16.5. The van der Waals surface area contributed by atoms with Crippen LogP contribution in [0.3, 0.4) is 0 Å². The van der Waals surface area contributed by atoms with Crippen molar-refractivity contribution in [1.29, 1.82) is 15.8 Å². The molecule has 0 saturated carbocycles. The number of fused-ring (bicyclic) bond motifs is 1. The molecule has 0 aromatic heterocycles. The van der Waals surface area contributed by atoms with E-state index in [0.29, 0.717) is 5.57 Å². The fourth-order valence-electron chi connectivity index (χ4n) is 4.42. The molecule has 1 aromatic rings. The number of nitrogens with zero attached hydrogens (tertiary/aromatic N) is 4. The Hall–Kier alpha value is -3.49. The SMILES string of the molecule is CCCCCCN1CCCc2cc(/C=C/C3=C(C#N)C(=C(C#N)C#N)OC3(C)C)ccc21. The summed E-state index contributed by atoms with van der Waals surface area (Å²) in [6.07, 6.45) is 11.2. The van der Waals surface area contributed by atoms with E-state index in [1.165, 1.54) is 36.9 Å². The standard InChI is InChI=1S/C27H30N4O/c1-4-5-6-7-14-31-15-8-9-21-16-20(11-13-25(21)31)10-12-24-23(19-30)26(22(17-28)18-29)32-27(24,2)3/h10-13,16H,4-9,14-15H2,1-3H3/b12-10+. The van der Waals surface area contributed by atoms with Gasteiger partial charge in [0.05, 0.1) is 0 Å². The molecule has 0 fully saturated rings. The zero-order chi connectivity index (χ0) is 23.1. The number of hydrogen-bond donors (Lipinski definition) is 0. The predicted octanol–water partition coefficient (Wildman–Crippen LogP) is 5.96. The summed E-state index contributed by atoms with van der Waals surface area (Å²) in [6, 6.07) is 12.3. The Labute approximate surface area is 191 Å². The Bertz CT molecular complexity index is 1070. The summed E-state index contributed by atoms with van der Waals surface area (Å²) in [4.78, 5) is 2.51. The molecule has 0 unspecified atom stereocenters. The van der Waals surface area contributed by atoms with Crippen LogP contribution in [-0.2, 0) is 11.2 Å². The first kappa shape index (κ1) is 23.2. The molecule has 2 aliphatic heterocycles. The number of nitriles is 3. The van der Waals surface area contributed by atoms with Gasteiger partial charge in [-0.05, 0) is 56.4 Å². The van der Waals surface area contributed by atoms with Crippen LogP contribution in [-0.4, -0.2) is 18.7 Å². The number of hydrogen-bond acceptors (Lipinski definition) is 5. The summed E-state index contributed by atoms with van der Waals surface area (Å²) in [5.74, 6) is 0.0753. The summed E-state index contributed by atoms with van der Waals surface area (Å²) in [6.45, 7) is 8.15. The van der Waals surface area contributed by atoms with Gasteiger partial charge in [-0.2, -0.15) is 15.8 Å². The van der Waals surface area contributed by atoms with E-state index in [2.05, 4.69) is 36.1 Å². The zero-order valence-corrected chi connectivity index (χ0v) is 19.2. The Balaban J connectivity index is 1.86. The lowest BCUT2D eigenvalue weighted by Crippen LogP contribution is -2.30. The number of allylic oxidation sites excluding steroid dienone is 2. The lowest BCUT2D eigenvalue weighted by molar-refractivity contribution is 0.0954. The van der Waals surface area contributed by atoms with Crippen molar-refractivity contribution in [2.75, 3.05) is 18.0 Å². The summed E-state index contributed by atoms with van der Waals surface area (Å²) in [7, 11) is 0. The first-order valence-corrected chi connectivity index (χ1v) is 11.4. The maximum absolute atomic E-state index is 9.69. The van der Waals surface area contributed by atoms with Crippen LogP contribution < -0.4 is 4.90 Å². The number of benzene rings is 1. The van der Waals surface area contributed by atoms with Crippen molar-refractivity contribution in [3.05, 3.63) is 57.9 Å². The van der Waals surface area contributed by atoms with Gasteiger partial charge in [0.2, 0.25) is 0 Å². The van der Waals surface area contributed by atoms with Gasteiger partial charge in [0.1, 0.15) is 29.4 Å². The van der Waals surface area contributed by atoms with Crippen LogP contribution in [0.5, 0.6) is 0 Å². The van der Waals surface area contributed by atoms with Crippen molar-refractivity contribution >= 4 is 11.8 Å². The van der Waals surface area contributed by atoms with E-state index < -0.39 is 5.60 Å². The third-order valence-corrected chi connectivity index (χ3v) is 6.11. The number of rotatable bonds is 7. The summed E-state index contributed by atoms with van der Waals surface area (Å²) >= 11 is 0. The fourth-order valence-corrected chi connectivity index (χ4v) is 4.42. The summed E-state index contributed by atoms with van der Waals surface area (Å²) in [5.41, 5.74) is 3.72. The molecule has 5 nitrogen and oxygen atoms in total. The highest BCUT2D eigenvalue weighted by molar-refractivity contribution is 5.66. The van der Waals surface area contributed by atoms with Gasteiger partial charge in [-0.1, -0.05) is 44.4 Å². The van der Waals surface area contributed by atoms with Crippen LogP contribution in [0, 0.1) is 34.0 Å². The second kappa shape index (κ2) is 10.2. The molecule has 164 valence electrons. The molecule has 1 aromatic carbocycles. The summed E-state index contributed by atoms with van der Waals surface area (Å²) in [5, 5.41) is 28.1. The minimum atomic E-state index is -0.792. The molecule has 0 atom stereocenters. The Morgan fingerprint density at radius 2 is 1.91 bits per heavy atom. The van der Waals surface area contributed by atoms with Crippen LogP contribution in [0.25, 0.3) is 6.08 Å². The quantitative estimate of drug-likeness (QED) is 0.396. The van der Waals surface area contributed by atoms with Gasteiger partial charge in [0.15, 0.2) is 11.3 Å². The van der Waals surface area contributed by atoms with Crippen LogP contribution in [0.15, 0.2) is 46.8 Å². The van der Waals surface area contributed by atoms with Crippen molar-refractivity contribution in [3.8, 4) is 18.2 Å². The van der Waals surface area contributed by atoms with Crippen LogP contribution in [0.4, 0.5) is 5.69 Å². The Kier molecular flexibility index (Phi) is 7.40. The van der Waals surface area contributed by atoms with Gasteiger partial charge >= 0.3 is 0 Å². The average molecular weight is 427 g/mol. The monoisotopic (exact) mass is 426 g/mol. The average Bonchev–Trinajstić information content (AvgIpc) is 3.05. The number of aryl methyl sites for hydroxylation is 1. The summed E-state index contributed by atoms with van der Waals surface area (Å²) < 4.78 is 5.84. The second-order valence-corrected chi connectivity index (χ2v) is 8.81. The van der Waals surface area contributed by atoms with E-state index in [1.807, 2.05) is 38.1 Å². The van der Waals surface area contributed by atoms with Gasteiger partial charge in [-0.3, -0.25) is 0 Å².